The molecule has 0 fully saturated rings. The number of ether oxygens (including phenoxy) is 2. The average molecular weight is 422 g/mol. The van der Waals surface area contributed by atoms with Gasteiger partial charge < -0.3 is 14.0 Å². The maximum atomic E-state index is 12.5. The van der Waals surface area contributed by atoms with E-state index < -0.39 is 0 Å². The first-order chi connectivity index (χ1) is 14.6. The number of thiazole rings is 1. The second-order valence-electron chi connectivity index (χ2n) is 6.27. The standard InChI is InChI=1S/C21H18N4O4S/c1-12-17(20-23-18(25-29-20)13-7-9-15(27-2)10-8-13)30-21(22-12)24-19(26)14-5-4-6-16(11-14)28-3/h4-11H,1-3H3,(H,22,24,26). The van der Waals surface area contributed by atoms with Gasteiger partial charge in [-0.2, -0.15) is 4.98 Å². The molecule has 0 atom stereocenters. The van der Waals surface area contributed by atoms with Gasteiger partial charge in [-0.1, -0.05) is 22.6 Å². The first kappa shape index (κ1) is 19.6. The second kappa shape index (κ2) is 8.34. The predicted octanol–water partition coefficient (Wildman–Crippen LogP) is 4.44. The minimum Gasteiger partial charge on any atom is -0.497 e. The molecule has 2 aromatic carbocycles. The van der Waals surface area contributed by atoms with Crippen LogP contribution in [0.2, 0.25) is 0 Å². The number of nitrogens with one attached hydrogen (secondary N) is 1. The van der Waals surface area contributed by atoms with E-state index in [2.05, 4.69) is 20.4 Å². The number of benzene rings is 2. The molecule has 30 heavy (non-hydrogen) atoms. The molecule has 2 heterocycles. The summed E-state index contributed by atoms with van der Waals surface area (Å²) < 4.78 is 15.7. The van der Waals surface area contributed by atoms with E-state index in [1.807, 2.05) is 31.2 Å². The molecule has 2 aromatic heterocycles. The van der Waals surface area contributed by atoms with Crippen LogP contribution in [0.3, 0.4) is 0 Å². The van der Waals surface area contributed by atoms with Crippen molar-refractivity contribution in [2.75, 3.05) is 19.5 Å². The Hall–Kier alpha value is -3.72. The molecule has 1 N–H and O–H groups in total. The van der Waals surface area contributed by atoms with E-state index in [4.69, 9.17) is 14.0 Å². The van der Waals surface area contributed by atoms with Gasteiger partial charge in [-0.25, -0.2) is 4.98 Å². The van der Waals surface area contributed by atoms with Crippen LogP contribution in [0.1, 0.15) is 16.1 Å². The van der Waals surface area contributed by atoms with Crippen LogP contribution in [0.5, 0.6) is 11.5 Å². The lowest BCUT2D eigenvalue weighted by atomic mass is 10.2. The Kier molecular flexibility index (Phi) is 5.44. The lowest BCUT2D eigenvalue weighted by Gasteiger charge is -2.04. The van der Waals surface area contributed by atoms with Crippen molar-refractivity contribution < 1.29 is 18.8 Å². The maximum Gasteiger partial charge on any atom is 0.270 e. The van der Waals surface area contributed by atoms with Crippen LogP contribution in [0.25, 0.3) is 22.2 Å². The largest absolute Gasteiger partial charge is 0.497 e. The third-order valence-electron chi connectivity index (χ3n) is 4.32. The number of aryl methyl sites for hydroxylation is 1. The van der Waals surface area contributed by atoms with Crippen molar-refractivity contribution in [2.45, 2.75) is 6.92 Å². The number of amides is 1. The van der Waals surface area contributed by atoms with E-state index >= 15 is 0 Å². The molecule has 1 amide bonds. The molecule has 9 heteroatoms. The van der Waals surface area contributed by atoms with E-state index in [1.165, 1.54) is 11.3 Å². The predicted molar refractivity (Wildman–Crippen MR) is 113 cm³/mol. The summed E-state index contributed by atoms with van der Waals surface area (Å²) in [5.41, 5.74) is 1.97. The van der Waals surface area contributed by atoms with Crippen molar-refractivity contribution in [3.63, 3.8) is 0 Å². The lowest BCUT2D eigenvalue weighted by molar-refractivity contribution is 0.102. The van der Waals surface area contributed by atoms with Crippen LogP contribution in [0.15, 0.2) is 53.1 Å². The molecule has 0 aliphatic heterocycles. The Labute approximate surface area is 176 Å². The number of hydrogen-bond donors (Lipinski definition) is 1. The highest BCUT2D eigenvalue weighted by Crippen LogP contribution is 2.33. The van der Waals surface area contributed by atoms with Gasteiger partial charge in [0.05, 0.1) is 19.9 Å². The number of aromatic nitrogens is 3. The van der Waals surface area contributed by atoms with E-state index in [0.29, 0.717) is 38.7 Å². The molecule has 0 saturated heterocycles. The van der Waals surface area contributed by atoms with Crippen molar-refractivity contribution >= 4 is 22.4 Å². The minimum atomic E-state index is -0.279. The van der Waals surface area contributed by atoms with Gasteiger partial charge in [0.1, 0.15) is 16.4 Å². The first-order valence-corrected chi connectivity index (χ1v) is 9.80. The highest BCUT2D eigenvalue weighted by molar-refractivity contribution is 7.19. The van der Waals surface area contributed by atoms with Gasteiger partial charge in [0.15, 0.2) is 5.13 Å². The van der Waals surface area contributed by atoms with Crippen LogP contribution in [0, 0.1) is 6.92 Å². The third-order valence-corrected chi connectivity index (χ3v) is 5.38. The summed E-state index contributed by atoms with van der Waals surface area (Å²) in [4.78, 5) is 22.1. The minimum absolute atomic E-state index is 0.279. The summed E-state index contributed by atoms with van der Waals surface area (Å²) in [5.74, 6) is 1.88. The molecule has 0 saturated carbocycles. The van der Waals surface area contributed by atoms with E-state index in [1.54, 1.807) is 38.5 Å². The van der Waals surface area contributed by atoms with Crippen molar-refractivity contribution in [2.24, 2.45) is 0 Å². The number of anilines is 1. The highest BCUT2D eigenvalue weighted by Gasteiger charge is 2.19. The van der Waals surface area contributed by atoms with Gasteiger partial charge >= 0.3 is 0 Å². The number of carbonyl (C=O) groups excluding carboxylic acids is 1. The molecule has 4 rings (SSSR count). The zero-order valence-corrected chi connectivity index (χ0v) is 17.3. The SMILES string of the molecule is COc1ccc(-c2noc(-c3sc(NC(=O)c4cccc(OC)c4)nc3C)n2)cc1. The van der Waals surface area contributed by atoms with Gasteiger partial charge in [-0.3, -0.25) is 10.1 Å². The summed E-state index contributed by atoms with van der Waals surface area (Å²) in [5, 5.41) is 7.29. The fourth-order valence-electron chi connectivity index (χ4n) is 2.75. The van der Waals surface area contributed by atoms with E-state index in [0.717, 1.165) is 11.3 Å². The molecule has 0 aliphatic rings. The van der Waals surface area contributed by atoms with Crippen molar-refractivity contribution in [1.82, 2.24) is 15.1 Å². The Morgan fingerprint density at radius 2 is 1.80 bits per heavy atom. The molecule has 152 valence electrons. The molecule has 4 aromatic rings. The number of carbonyl (C=O) groups is 1. The van der Waals surface area contributed by atoms with Gasteiger partial charge in [-0.05, 0) is 49.4 Å². The first-order valence-electron chi connectivity index (χ1n) is 8.98. The molecular weight excluding hydrogens is 404 g/mol. The Balaban J connectivity index is 1.54. The summed E-state index contributed by atoms with van der Waals surface area (Å²) in [6.45, 7) is 1.82. The molecule has 0 radical (unpaired) electrons. The summed E-state index contributed by atoms with van der Waals surface area (Å²) >= 11 is 1.27. The Morgan fingerprint density at radius 3 is 2.53 bits per heavy atom. The second-order valence-corrected chi connectivity index (χ2v) is 7.27. The van der Waals surface area contributed by atoms with Gasteiger partial charge in [0, 0.05) is 11.1 Å². The summed E-state index contributed by atoms with van der Waals surface area (Å²) in [7, 11) is 3.16. The fraction of sp³-hybridized carbons (Fsp3) is 0.143. The smallest absolute Gasteiger partial charge is 0.270 e. The van der Waals surface area contributed by atoms with Crippen LogP contribution in [0.4, 0.5) is 5.13 Å². The molecule has 8 nitrogen and oxygen atoms in total. The Bertz CT molecular complexity index is 1180. The zero-order valence-electron chi connectivity index (χ0n) is 16.5. The average Bonchev–Trinajstić information content (AvgIpc) is 3.40. The van der Waals surface area contributed by atoms with Gasteiger partial charge in [-0.15, -0.1) is 0 Å². The summed E-state index contributed by atoms with van der Waals surface area (Å²) in [6, 6.07) is 14.3. The van der Waals surface area contributed by atoms with Gasteiger partial charge in [0.2, 0.25) is 5.82 Å². The van der Waals surface area contributed by atoms with Crippen molar-refractivity contribution in [1.29, 1.82) is 0 Å². The molecule has 0 aliphatic carbocycles. The van der Waals surface area contributed by atoms with Crippen LogP contribution >= 0.6 is 11.3 Å². The maximum absolute atomic E-state index is 12.5. The van der Waals surface area contributed by atoms with Crippen LogP contribution < -0.4 is 14.8 Å². The van der Waals surface area contributed by atoms with Gasteiger partial charge in [0.25, 0.3) is 11.8 Å². The number of methoxy groups -OCH3 is 2. The Morgan fingerprint density at radius 1 is 1.03 bits per heavy atom. The van der Waals surface area contributed by atoms with E-state index in [-0.39, 0.29) is 5.91 Å². The van der Waals surface area contributed by atoms with Crippen molar-refractivity contribution in [3.8, 4) is 33.7 Å². The fourth-order valence-corrected chi connectivity index (χ4v) is 3.64. The quantitative estimate of drug-likeness (QED) is 0.490. The zero-order chi connectivity index (χ0) is 21.1. The molecule has 0 unspecified atom stereocenters. The lowest BCUT2D eigenvalue weighted by Crippen LogP contribution is -2.11. The number of rotatable bonds is 6. The van der Waals surface area contributed by atoms with Crippen LogP contribution in [-0.2, 0) is 0 Å². The normalized spacial score (nSPS) is 10.6. The third kappa shape index (κ3) is 4.01. The molecule has 0 spiro atoms. The monoisotopic (exact) mass is 422 g/mol. The topological polar surface area (TPSA) is 99.4 Å². The molecular formula is C21H18N4O4S. The van der Waals surface area contributed by atoms with Crippen LogP contribution in [-0.4, -0.2) is 35.3 Å². The van der Waals surface area contributed by atoms with Crippen molar-refractivity contribution in [3.05, 3.63) is 59.8 Å². The number of hydrogen-bond acceptors (Lipinski definition) is 8. The number of nitrogens with zero attached hydrogens (tertiary/aromatic N) is 3. The highest BCUT2D eigenvalue weighted by atomic mass is 32.1. The summed E-state index contributed by atoms with van der Waals surface area (Å²) in [6.07, 6.45) is 0. The molecule has 0 bridgehead atoms. The van der Waals surface area contributed by atoms with E-state index in [9.17, 15) is 4.79 Å².